The highest BCUT2D eigenvalue weighted by Gasteiger charge is 2.27. The number of likely N-dealkylation sites (tertiary alicyclic amines) is 1. The zero-order chi connectivity index (χ0) is 18.4. The first-order valence-corrected chi connectivity index (χ1v) is 9.89. The molecule has 3 rings (SSSR count). The molecule has 138 valence electrons. The number of piperidine rings is 1. The number of amides is 2. The summed E-state index contributed by atoms with van der Waals surface area (Å²) in [5, 5.41) is 7.06. The van der Waals surface area contributed by atoms with E-state index >= 15 is 0 Å². The van der Waals surface area contributed by atoms with Gasteiger partial charge in [-0.05, 0) is 53.9 Å². The Labute approximate surface area is 158 Å². The molecule has 1 N–H and O–H groups in total. The molecule has 0 bridgehead atoms. The predicted molar refractivity (Wildman–Crippen MR) is 105 cm³/mol. The van der Waals surface area contributed by atoms with Crippen molar-refractivity contribution < 1.29 is 9.59 Å². The maximum Gasteiger partial charge on any atom is 0.236 e. The number of nitrogens with one attached hydrogen (secondary N) is 1. The van der Waals surface area contributed by atoms with E-state index in [0.29, 0.717) is 19.6 Å². The van der Waals surface area contributed by atoms with Gasteiger partial charge in [0.25, 0.3) is 0 Å². The van der Waals surface area contributed by atoms with Crippen LogP contribution in [0.15, 0.2) is 47.2 Å². The molecule has 1 aromatic carbocycles. The first kappa shape index (κ1) is 18.6. The summed E-state index contributed by atoms with van der Waals surface area (Å²) < 4.78 is 0. The highest BCUT2D eigenvalue weighted by atomic mass is 32.1. The van der Waals surface area contributed by atoms with Crippen molar-refractivity contribution in [1.29, 1.82) is 0 Å². The number of benzene rings is 1. The molecule has 0 spiro atoms. The minimum atomic E-state index is -0.0704. The van der Waals surface area contributed by atoms with Gasteiger partial charge < -0.3 is 10.2 Å². The van der Waals surface area contributed by atoms with Gasteiger partial charge >= 0.3 is 0 Å². The zero-order valence-electron chi connectivity index (χ0n) is 15.1. The Hall–Kier alpha value is -2.18. The van der Waals surface area contributed by atoms with Crippen molar-refractivity contribution in [3.05, 3.63) is 52.7 Å². The number of nitrogens with zero attached hydrogens (tertiary/aromatic N) is 2. The van der Waals surface area contributed by atoms with Crippen molar-refractivity contribution in [2.75, 3.05) is 32.0 Å². The maximum absolute atomic E-state index is 12.5. The molecule has 1 atom stereocenters. The molecule has 1 unspecified atom stereocenters. The van der Waals surface area contributed by atoms with Gasteiger partial charge in [-0.15, -0.1) is 0 Å². The zero-order valence-corrected chi connectivity index (χ0v) is 15.9. The third-order valence-electron chi connectivity index (χ3n) is 4.70. The second kappa shape index (κ2) is 8.96. The van der Waals surface area contributed by atoms with Crippen LogP contribution in [-0.2, 0) is 16.1 Å². The fourth-order valence-corrected chi connectivity index (χ4v) is 3.90. The number of anilines is 1. The molecule has 0 radical (unpaired) electrons. The number of likely N-dealkylation sites (N-methyl/N-ethyl adjacent to an activating group) is 1. The van der Waals surface area contributed by atoms with Crippen molar-refractivity contribution >= 4 is 28.8 Å². The third-order valence-corrected chi connectivity index (χ3v) is 5.43. The van der Waals surface area contributed by atoms with Gasteiger partial charge in [0, 0.05) is 25.8 Å². The average molecular weight is 372 g/mol. The fourth-order valence-electron chi connectivity index (χ4n) is 3.24. The highest BCUT2D eigenvalue weighted by Crippen LogP contribution is 2.19. The molecule has 0 saturated carbocycles. The number of hydrogen-bond donors (Lipinski definition) is 1. The highest BCUT2D eigenvalue weighted by molar-refractivity contribution is 7.07. The lowest BCUT2D eigenvalue weighted by Crippen LogP contribution is -2.45. The summed E-state index contributed by atoms with van der Waals surface area (Å²) in [5.41, 5.74) is 1.98. The lowest BCUT2D eigenvalue weighted by atomic mass is 9.97. The SMILES string of the molecule is CN(Cc1ccsc1)C(=O)CN1CCCC(C(=O)Nc2ccccc2)C1. The van der Waals surface area contributed by atoms with Crippen molar-refractivity contribution in [1.82, 2.24) is 9.80 Å². The number of hydrogen-bond acceptors (Lipinski definition) is 4. The summed E-state index contributed by atoms with van der Waals surface area (Å²) in [6.45, 7) is 2.51. The van der Waals surface area contributed by atoms with Gasteiger partial charge in [-0.3, -0.25) is 14.5 Å². The van der Waals surface area contributed by atoms with Crippen LogP contribution in [-0.4, -0.2) is 48.3 Å². The smallest absolute Gasteiger partial charge is 0.236 e. The van der Waals surface area contributed by atoms with E-state index in [9.17, 15) is 9.59 Å². The summed E-state index contributed by atoms with van der Waals surface area (Å²) >= 11 is 1.64. The van der Waals surface area contributed by atoms with Crippen molar-refractivity contribution in [2.24, 2.45) is 5.92 Å². The fraction of sp³-hybridized carbons (Fsp3) is 0.400. The topological polar surface area (TPSA) is 52.7 Å². The van der Waals surface area contributed by atoms with Gasteiger partial charge in [-0.25, -0.2) is 0 Å². The summed E-state index contributed by atoms with van der Waals surface area (Å²) in [6, 6.07) is 11.6. The maximum atomic E-state index is 12.5. The lowest BCUT2D eigenvalue weighted by molar-refractivity contribution is -0.133. The van der Waals surface area contributed by atoms with Crippen LogP contribution in [0.4, 0.5) is 5.69 Å². The summed E-state index contributed by atoms with van der Waals surface area (Å²) in [7, 11) is 1.84. The molecule has 1 aliphatic heterocycles. The first-order chi connectivity index (χ1) is 12.6. The largest absolute Gasteiger partial charge is 0.340 e. The predicted octanol–water partition coefficient (Wildman–Crippen LogP) is 3.06. The van der Waals surface area contributed by atoms with E-state index in [1.807, 2.05) is 48.8 Å². The van der Waals surface area contributed by atoms with E-state index in [4.69, 9.17) is 0 Å². The van der Waals surface area contributed by atoms with Crippen LogP contribution in [0, 0.1) is 5.92 Å². The molecular formula is C20H25N3O2S. The van der Waals surface area contributed by atoms with Crippen LogP contribution >= 0.6 is 11.3 Å². The van der Waals surface area contributed by atoms with Gasteiger partial charge in [-0.2, -0.15) is 11.3 Å². The van der Waals surface area contributed by atoms with E-state index in [0.717, 1.165) is 30.6 Å². The molecule has 1 saturated heterocycles. The minimum absolute atomic E-state index is 0.0416. The standard InChI is InChI=1S/C20H25N3O2S/c1-22(12-16-9-11-26-15-16)19(24)14-23-10-5-6-17(13-23)20(25)21-18-7-3-2-4-8-18/h2-4,7-9,11,15,17H,5-6,10,12-14H2,1H3,(H,21,25). The normalized spacial score (nSPS) is 17.7. The van der Waals surface area contributed by atoms with Crippen LogP contribution in [0.25, 0.3) is 0 Å². The molecule has 2 heterocycles. The second-order valence-electron chi connectivity index (χ2n) is 6.81. The second-order valence-corrected chi connectivity index (χ2v) is 7.59. The Morgan fingerprint density at radius 2 is 2.08 bits per heavy atom. The van der Waals surface area contributed by atoms with Crippen LogP contribution in [0.2, 0.25) is 0 Å². The molecule has 26 heavy (non-hydrogen) atoms. The minimum Gasteiger partial charge on any atom is -0.340 e. The first-order valence-electron chi connectivity index (χ1n) is 8.95. The van der Waals surface area contributed by atoms with E-state index in [2.05, 4.69) is 15.6 Å². The molecule has 6 heteroatoms. The molecule has 0 aliphatic carbocycles. The van der Waals surface area contributed by atoms with E-state index in [-0.39, 0.29) is 17.7 Å². The van der Waals surface area contributed by atoms with Gasteiger partial charge in [0.05, 0.1) is 12.5 Å². The van der Waals surface area contributed by atoms with Gasteiger partial charge in [-0.1, -0.05) is 18.2 Å². The quantitative estimate of drug-likeness (QED) is 0.849. The van der Waals surface area contributed by atoms with Crippen LogP contribution < -0.4 is 5.32 Å². The summed E-state index contributed by atoms with van der Waals surface area (Å²) in [4.78, 5) is 28.9. The molecule has 5 nitrogen and oxygen atoms in total. The Balaban J connectivity index is 1.49. The van der Waals surface area contributed by atoms with E-state index < -0.39 is 0 Å². The van der Waals surface area contributed by atoms with Crippen LogP contribution in [0.3, 0.4) is 0 Å². The number of rotatable bonds is 6. The Kier molecular flexibility index (Phi) is 6.41. The van der Waals surface area contributed by atoms with E-state index in [1.54, 1.807) is 16.2 Å². The number of para-hydroxylation sites is 1. The van der Waals surface area contributed by atoms with Gasteiger partial charge in [0.2, 0.25) is 11.8 Å². The Morgan fingerprint density at radius 1 is 1.27 bits per heavy atom. The molecule has 1 aliphatic rings. The Morgan fingerprint density at radius 3 is 2.81 bits per heavy atom. The average Bonchev–Trinajstić information content (AvgIpc) is 3.15. The van der Waals surface area contributed by atoms with E-state index in [1.165, 1.54) is 0 Å². The number of carbonyl (C=O) groups excluding carboxylic acids is 2. The molecular weight excluding hydrogens is 346 g/mol. The molecule has 2 aromatic rings. The van der Waals surface area contributed by atoms with Crippen LogP contribution in [0.5, 0.6) is 0 Å². The van der Waals surface area contributed by atoms with Crippen LogP contribution in [0.1, 0.15) is 18.4 Å². The van der Waals surface area contributed by atoms with Crippen molar-refractivity contribution in [3.63, 3.8) is 0 Å². The lowest BCUT2D eigenvalue weighted by Gasteiger charge is -2.32. The van der Waals surface area contributed by atoms with Gasteiger partial charge in [0.15, 0.2) is 0 Å². The number of thiophene rings is 1. The summed E-state index contributed by atoms with van der Waals surface area (Å²) in [6.07, 6.45) is 1.81. The monoisotopic (exact) mass is 371 g/mol. The molecule has 1 aromatic heterocycles. The van der Waals surface area contributed by atoms with Crippen molar-refractivity contribution in [2.45, 2.75) is 19.4 Å². The third kappa shape index (κ3) is 5.16. The van der Waals surface area contributed by atoms with Crippen molar-refractivity contribution in [3.8, 4) is 0 Å². The molecule has 2 amide bonds. The summed E-state index contributed by atoms with van der Waals surface area (Å²) in [5.74, 6) is 0.0687. The van der Waals surface area contributed by atoms with Gasteiger partial charge in [0.1, 0.15) is 0 Å². The Bertz CT molecular complexity index is 718. The molecule has 1 fully saturated rings. The number of carbonyl (C=O) groups is 2.